The molecular weight excluding hydrogens is 385 g/mol. The Kier molecular flexibility index (Phi) is 5.18. The van der Waals surface area contributed by atoms with Crippen molar-refractivity contribution in [2.45, 2.75) is 26.4 Å². The van der Waals surface area contributed by atoms with Gasteiger partial charge in [-0.15, -0.1) is 0 Å². The third kappa shape index (κ3) is 3.49. The van der Waals surface area contributed by atoms with E-state index in [1.165, 1.54) is 24.7 Å². The second-order valence-electron chi connectivity index (χ2n) is 6.91. The Labute approximate surface area is 173 Å². The van der Waals surface area contributed by atoms with Crippen LogP contribution in [-0.4, -0.2) is 32.5 Å². The third-order valence-corrected chi connectivity index (χ3v) is 4.95. The van der Waals surface area contributed by atoms with Crippen LogP contribution in [0.5, 0.6) is 5.75 Å². The molecule has 0 amide bonds. The third-order valence-electron chi connectivity index (χ3n) is 4.95. The number of benzene rings is 1. The van der Waals surface area contributed by atoms with Gasteiger partial charge >= 0.3 is 0 Å². The number of anilines is 1. The lowest BCUT2D eigenvalue weighted by Gasteiger charge is -2.22. The number of fused-ring (bicyclic) bond motifs is 5. The zero-order chi connectivity index (χ0) is 21.3. The van der Waals surface area contributed by atoms with E-state index in [0.29, 0.717) is 41.4 Å². The van der Waals surface area contributed by atoms with Crippen molar-refractivity contribution in [2.24, 2.45) is 0 Å². The zero-order valence-corrected chi connectivity index (χ0v) is 16.7. The average molecular weight is 407 g/mol. The molecule has 3 aromatic rings. The van der Waals surface area contributed by atoms with Gasteiger partial charge in [-0.2, -0.15) is 5.10 Å². The largest absolute Gasteiger partial charge is 0.482 e. The van der Waals surface area contributed by atoms with Crippen molar-refractivity contribution in [3.05, 3.63) is 65.1 Å². The molecule has 0 aliphatic carbocycles. The summed E-state index contributed by atoms with van der Waals surface area (Å²) in [4.78, 5) is 8.65. The van der Waals surface area contributed by atoms with Crippen molar-refractivity contribution in [3.8, 4) is 11.4 Å². The fraction of sp³-hybridized carbons (Fsp3) is 0.238. The van der Waals surface area contributed by atoms with Crippen molar-refractivity contribution in [1.29, 1.82) is 5.41 Å². The Morgan fingerprint density at radius 1 is 1.37 bits per heavy atom. The van der Waals surface area contributed by atoms with E-state index in [4.69, 9.17) is 15.9 Å². The van der Waals surface area contributed by atoms with Gasteiger partial charge in [0.25, 0.3) is 0 Å². The smallest absolute Gasteiger partial charge is 0.166 e. The molecule has 0 saturated carbocycles. The van der Waals surface area contributed by atoms with Gasteiger partial charge in [0, 0.05) is 47.8 Å². The molecule has 4 N–H and O–H groups in total. The fourth-order valence-corrected chi connectivity index (χ4v) is 3.53. The lowest BCUT2D eigenvalue weighted by atomic mass is 10.0. The van der Waals surface area contributed by atoms with Crippen molar-refractivity contribution in [1.82, 2.24) is 25.1 Å². The maximum absolute atomic E-state index is 14.1. The Morgan fingerprint density at radius 2 is 2.20 bits per heavy atom. The molecular formula is C21H22FN7O. The maximum atomic E-state index is 14.1. The molecule has 8 nitrogen and oxygen atoms in total. The van der Waals surface area contributed by atoms with Crippen LogP contribution in [0.2, 0.25) is 0 Å². The normalized spacial score (nSPS) is 18.3. The highest BCUT2D eigenvalue weighted by atomic mass is 19.1. The van der Waals surface area contributed by atoms with E-state index in [1.807, 2.05) is 13.8 Å². The number of nitrogens with one attached hydrogen (secondary N) is 2. The summed E-state index contributed by atoms with van der Waals surface area (Å²) >= 11 is 0. The van der Waals surface area contributed by atoms with E-state index in [1.54, 1.807) is 23.0 Å². The van der Waals surface area contributed by atoms with Crippen LogP contribution in [0.4, 0.5) is 10.2 Å². The predicted molar refractivity (Wildman–Crippen MR) is 112 cm³/mol. The average Bonchev–Trinajstić information content (AvgIpc) is 3.19. The summed E-state index contributed by atoms with van der Waals surface area (Å²) < 4.78 is 21.8. The highest BCUT2D eigenvalue weighted by molar-refractivity contribution is 5.89. The predicted octanol–water partition coefficient (Wildman–Crippen LogP) is 3.05. The molecule has 0 spiro atoms. The van der Waals surface area contributed by atoms with Crippen molar-refractivity contribution in [2.75, 3.05) is 12.3 Å². The summed E-state index contributed by atoms with van der Waals surface area (Å²) in [6, 6.07) is 6.22. The van der Waals surface area contributed by atoms with Crippen LogP contribution in [0.3, 0.4) is 0 Å². The molecule has 4 rings (SSSR count). The molecule has 1 aliphatic rings. The molecule has 2 bridgehead atoms. The fourth-order valence-electron chi connectivity index (χ4n) is 3.53. The van der Waals surface area contributed by atoms with Gasteiger partial charge in [-0.1, -0.05) is 0 Å². The van der Waals surface area contributed by atoms with E-state index in [2.05, 4.69) is 20.4 Å². The minimum atomic E-state index is -0.528. The van der Waals surface area contributed by atoms with Gasteiger partial charge in [0.2, 0.25) is 0 Å². The number of nitrogens with zero attached hydrogens (tertiary/aromatic N) is 4. The number of ether oxygens (including phenoxy) is 1. The molecule has 1 atom stereocenters. The Bertz CT molecular complexity index is 1140. The summed E-state index contributed by atoms with van der Waals surface area (Å²) in [5, 5.41) is 15.7. The number of hydrogen-bond donors (Lipinski definition) is 3. The zero-order valence-electron chi connectivity index (χ0n) is 16.7. The number of nitrogens with two attached hydrogens (primary N) is 1. The minimum Gasteiger partial charge on any atom is -0.482 e. The van der Waals surface area contributed by atoms with Gasteiger partial charge < -0.3 is 21.2 Å². The van der Waals surface area contributed by atoms with E-state index in [-0.39, 0.29) is 11.6 Å². The number of aromatic nitrogens is 4. The van der Waals surface area contributed by atoms with Crippen molar-refractivity contribution < 1.29 is 9.13 Å². The summed E-state index contributed by atoms with van der Waals surface area (Å²) in [6.07, 6.45) is 4.19. The summed E-state index contributed by atoms with van der Waals surface area (Å²) in [6.45, 7) is 4.44. The summed E-state index contributed by atoms with van der Waals surface area (Å²) in [5.74, 6) is 0.851. The molecule has 9 heteroatoms. The lowest BCUT2D eigenvalue weighted by molar-refractivity contribution is 0.226. The van der Waals surface area contributed by atoms with Crippen LogP contribution in [0, 0.1) is 11.2 Å². The van der Waals surface area contributed by atoms with Gasteiger partial charge in [-0.25, -0.2) is 19.0 Å². The number of pyridine rings is 1. The van der Waals surface area contributed by atoms with Crippen LogP contribution in [-0.2, 0) is 6.42 Å². The van der Waals surface area contributed by atoms with E-state index < -0.39 is 6.10 Å². The molecule has 1 unspecified atom stereocenters. The quantitative estimate of drug-likeness (QED) is 0.575. The summed E-state index contributed by atoms with van der Waals surface area (Å²) in [5.41, 5.74) is 9.47. The molecule has 0 fully saturated rings. The van der Waals surface area contributed by atoms with Gasteiger partial charge in [0.05, 0.1) is 5.69 Å². The number of nitrogen functional groups attached to an aromatic ring is 1. The van der Waals surface area contributed by atoms with Crippen LogP contribution in [0.25, 0.3) is 11.4 Å². The first-order valence-corrected chi connectivity index (χ1v) is 9.60. The molecule has 2 aromatic heterocycles. The van der Waals surface area contributed by atoms with Gasteiger partial charge in [0.15, 0.2) is 11.6 Å². The van der Waals surface area contributed by atoms with Gasteiger partial charge in [-0.05, 0) is 38.1 Å². The van der Waals surface area contributed by atoms with Crippen molar-refractivity contribution in [3.63, 3.8) is 0 Å². The minimum absolute atomic E-state index is 0.231. The second-order valence-corrected chi connectivity index (χ2v) is 6.91. The van der Waals surface area contributed by atoms with E-state index in [9.17, 15) is 4.39 Å². The maximum Gasteiger partial charge on any atom is 0.166 e. The van der Waals surface area contributed by atoms with Gasteiger partial charge in [-0.3, -0.25) is 0 Å². The Hall–Kier alpha value is -3.75. The number of halogens is 1. The molecule has 3 heterocycles. The molecule has 1 aromatic carbocycles. The molecule has 154 valence electrons. The number of rotatable bonds is 3. The monoisotopic (exact) mass is 407 g/mol. The van der Waals surface area contributed by atoms with Crippen LogP contribution in [0.1, 0.15) is 36.9 Å². The highest BCUT2D eigenvalue weighted by Gasteiger charge is 2.22. The molecule has 0 radical (unpaired) electrons. The standard InChI is InChI=1S/C21H22FN7O/c1-3-25-20-13(9-23)7-19-27-11-28-29(19)17-5-4-15(22)8-16(17)12(2)30-18-6-14(20)10-26-21(18)24/h4-6,8-12,23,25H,3,7H2,1-2H3,(H2,24,26)/b20-13-,23-9?. The number of hydrogen-bond acceptors (Lipinski definition) is 7. The van der Waals surface area contributed by atoms with Crippen LogP contribution < -0.4 is 15.8 Å². The van der Waals surface area contributed by atoms with Crippen molar-refractivity contribution >= 4 is 17.7 Å². The second kappa shape index (κ2) is 7.94. The first kappa shape index (κ1) is 19.6. The Balaban J connectivity index is 2.00. The lowest BCUT2D eigenvalue weighted by Crippen LogP contribution is -2.18. The van der Waals surface area contributed by atoms with Crippen LogP contribution in [0.15, 0.2) is 42.4 Å². The Morgan fingerprint density at radius 3 is 2.97 bits per heavy atom. The first-order chi connectivity index (χ1) is 14.5. The van der Waals surface area contributed by atoms with E-state index >= 15 is 0 Å². The SMILES string of the molecule is CCN/C1=C(\C=N)Cc2ncnn2-c2ccc(F)cc2C(C)Oc2cc1cnc2N. The molecule has 0 saturated heterocycles. The number of allylic oxidation sites excluding steroid dienone is 1. The highest BCUT2D eigenvalue weighted by Crippen LogP contribution is 2.33. The topological polar surface area (TPSA) is 115 Å². The van der Waals surface area contributed by atoms with Gasteiger partial charge in [0.1, 0.15) is 24.1 Å². The first-order valence-electron chi connectivity index (χ1n) is 9.60. The molecule has 30 heavy (non-hydrogen) atoms. The summed E-state index contributed by atoms with van der Waals surface area (Å²) in [7, 11) is 0. The van der Waals surface area contributed by atoms with E-state index in [0.717, 1.165) is 11.3 Å². The van der Waals surface area contributed by atoms with Crippen LogP contribution >= 0.6 is 0 Å². The molecule has 1 aliphatic heterocycles.